The number of rotatable bonds is 5. The first kappa shape index (κ1) is 16.9. The minimum absolute atomic E-state index is 0.0345. The van der Waals surface area contributed by atoms with Gasteiger partial charge in [0.2, 0.25) is 0 Å². The molecule has 2 aromatic rings. The average Bonchev–Trinajstić information content (AvgIpc) is 2.62. The van der Waals surface area contributed by atoms with Gasteiger partial charge in [-0.3, -0.25) is 9.88 Å². The highest BCUT2D eigenvalue weighted by Crippen LogP contribution is 2.20. The van der Waals surface area contributed by atoms with E-state index in [0.717, 1.165) is 31.0 Å². The fraction of sp³-hybridized carbons (Fsp3) is 0.389. The summed E-state index contributed by atoms with van der Waals surface area (Å²) in [6.45, 7) is 2.14. The lowest BCUT2D eigenvalue weighted by Crippen LogP contribution is -2.39. The van der Waals surface area contributed by atoms with Gasteiger partial charge in [-0.05, 0) is 37.1 Å². The molecule has 6 heteroatoms. The van der Waals surface area contributed by atoms with Crippen LogP contribution in [0.25, 0.3) is 0 Å². The Morgan fingerprint density at radius 2 is 2.04 bits per heavy atom. The van der Waals surface area contributed by atoms with E-state index in [4.69, 9.17) is 4.74 Å². The van der Waals surface area contributed by atoms with Crippen molar-refractivity contribution in [2.24, 2.45) is 0 Å². The Labute approximate surface area is 139 Å². The summed E-state index contributed by atoms with van der Waals surface area (Å²) < 4.78 is 46.0. The van der Waals surface area contributed by atoms with Gasteiger partial charge in [0, 0.05) is 31.0 Å². The maximum Gasteiger partial charge on any atom is 0.194 e. The lowest BCUT2D eigenvalue weighted by atomic mass is 10.1. The molecule has 0 spiro atoms. The van der Waals surface area contributed by atoms with Gasteiger partial charge in [0.05, 0.1) is 12.7 Å². The molecule has 0 amide bonds. The van der Waals surface area contributed by atoms with Crippen molar-refractivity contribution in [1.29, 1.82) is 0 Å². The Morgan fingerprint density at radius 1 is 1.17 bits per heavy atom. The van der Waals surface area contributed by atoms with Crippen molar-refractivity contribution in [3.05, 3.63) is 65.2 Å². The number of ether oxygens (including phenoxy) is 1. The molecule has 0 saturated carbocycles. The third kappa shape index (κ3) is 4.13. The van der Waals surface area contributed by atoms with E-state index >= 15 is 0 Å². The van der Waals surface area contributed by atoms with Gasteiger partial charge in [-0.1, -0.05) is 12.1 Å². The molecular weight excluding hydrogens is 317 g/mol. The van der Waals surface area contributed by atoms with Crippen LogP contribution in [0.5, 0.6) is 0 Å². The molecule has 1 aliphatic rings. The number of pyridine rings is 1. The smallest absolute Gasteiger partial charge is 0.194 e. The van der Waals surface area contributed by atoms with Crippen LogP contribution in [0.1, 0.15) is 24.0 Å². The van der Waals surface area contributed by atoms with E-state index in [2.05, 4.69) is 4.98 Å². The van der Waals surface area contributed by atoms with Gasteiger partial charge in [-0.2, -0.15) is 0 Å². The molecule has 0 unspecified atom stereocenters. The fourth-order valence-corrected chi connectivity index (χ4v) is 2.92. The zero-order chi connectivity index (χ0) is 16.9. The van der Waals surface area contributed by atoms with E-state index in [0.29, 0.717) is 13.2 Å². The molecule has 1 aromatic heterocycles. The molecule has 3 nitrogen and oxygen atoms in total. The Bertz CT molecular complexity index is 681. The average molecular weight is 336 g/mol. The molecule has 1 fully saturated rings. The van der Waals surface area contributed by atoms with Crippen molar-refractivity contribution in [2.75, 3.05) is 13.1 Å². The summed E-state index contributed by atoms with van der Waals surface area (Å²) in [6, 6.07) is 6.07. The lowest BCUT2D eigenvalue weighted by Gasteiger charge is -2.32. The van der Waals surface area contributed by atoms with E-state index < -0.39 is 17.5 Å². The third-order valence-electron chi connectivity index (χ3n) is 4.18. The van der Waals surface area contributed by atoms with Crippen LogP contribution >= 0.6 is 0 Å². The third-order valence-corrected chi connectivity index (χ3v) is 4.18. The maximum atomic E-state index is 13.8. The zero-order valence-corrected chi connectivity index (χ0v) is 13.2. The van der Waals surface area contributed by atoms with Crippen molar-refractivity contribution in [2.45, 2.75) is 32.1 Å². The van der Waals surface area contributed by atoms with Gasteiger partial charge < -0.3 is 4.74 Å². The van der Waals surface area contributed by atoms with E-state index in [-0.39, 0.29) is 18.2 Å². The maximum absolute atomic E-state index is 13.8. The number of nitrogens with zero attached hydrogens (tertiary/aromatic N) is 2. The second-order valence-corrected chi connectivity index (χ2v) is 6.01. The number of likely N-dealkylation sites (tertiary alicyclic amines) is 1. The molecule has 1 saturated heterocycles. The summed E-state index contributed by atoms with van der Waals surface area (Å²) >= 11 is 0. The van der Waals surface area contributed by atoms with E-state index in [1.807, 2.05) is 17.0 Å². The number of hydrogen-bond donors (Lipinski definition) is 0. The molecule has 0 bridgehead atoms. The molecule has 1 aromatic carbocycles. The van der Waals surface area contributed by atoms with Crippen LogP contribution in [-0.2, 0) is 17.9 Å². The van der Waals surface area contributed by atoms with Crippen LogP contribution in [0.3, 0.4) is 0 Å². The van der Waals surface area contributed by atoms with Crippen molar-refractivity contribution >= 4 is 0 Å². The highest BCUT2D eigenvalue weighted by molar-refractivity contribution is 5.20. The monoisotopic (exact) mass is 336 g/mol. The summed E-state index contributed by atoms with van der Waals surface area (Å²) in [7, 11) is 0. The quantitative estimate of drug-likeness (QED) is 0.779. The predicted molar refractivity (Wildman–Crippen MR) is 83.6 cm³/mol. The van der Waals surface area contributed by atoms with Crippen molar-refractivity contribution in [1.82, 2.24) is 9.88 Å². The van der Waals surface area contributed by atoms with Crippen molar-refractivity contribution in [3.63, 3.8) is 0 Å². The first-order valence-corrected chi connectivity index (χ1v) is 7.98. The first-order chi connectivity index (χ1) is 11.6. The summed E-state index contributed by atoms with van der Waals surface area (Å²) in [4.78, 5) is 6.05. The fourth-order valence-electron chi connectivity index (χ4n) is 2.92. The SMILES string of the molecule is Fc1ccc(CN2CCC[C@H](OCc3cccnc3)C2)c(F)c1F. The van der Waals surface area contributed by atoms with Gasteiger partial charge in [-0.25, -0.2) is 13.2 Å². The predicted octanol–water partition coefficient (Wildman–Crippen LogP) is 3.68. The molecule has 24 heavy (non-hydrogen) atoms. The van der Waals surface area contributed by atoms with Crippen molar-refractivity contribution < 1.29 is 17.9 Å². The standard InChI is InChI=1S/C18H19F3N2O/c19-16-6-5-14(17(20)18(16)21)10-23-8-2-4-15(11-23)24-12-13-3-1-7-22-9-13/h1,3,5-7,9,15H,2,4,8,10-12H2/t15-/m0/s1. The van der Waals surface area contributed by atoms with Gasteiger partial charge in [-0.15, -0.1) is 0 Å². The van der Waals surface area contributed by atoms with Crippen LogP contribution < -0.4 is 0 Å². The summed E-state index contributed by atoms with van der Waals surface area (Å²) in [6.07, 6.45) is 5.35. The minimum atomic E-state index is -1.41. The van der Waals surface area contributed by atoms with Gasteiger partial charge in [0.15, 0.2) is 17.5 Å². The Hall–Kier alpha value is -1.92. The van der Waals surface area contributed by atoms with E-state index in [1.54, 1.807) is 12.4 Å². The van der Waals surface area contributed by atoms with Crippen LogP contribution in [0.4, 0.5) is 13.2 Å². The topological polar surface area (TPSA) is 25.4 Å². The van der Waals surface area contributed by atoms with Crippen LogP contribution in [-0.4, -0.2) is 29.1 Å². The lowest BCUT2D eigenvalue weighted by molar-refractivity contribution is -0.0124. The zero-order valence-electron chi connectivity index (χ0n) is 13.2. The van der Waals surface area contributed by atoms with Gasteiger partial charge in [0.25, 0.3) is 0 Å². The molecule has 0 aliphatic carbocycles. The van der Waals surface area contributed by atoms with Crippen LogP contribution in [0, 0.1) is 17.5 Å². The molecule has 0 N–H and O–H groups in total. The Kier molecular flexibility index (Phi) is 5.48. The molecule has 3 rings (SSSR count). The molecule has 2 heterocycles. The Morgan fingerprint density at radius 3 is 2.83 bits per heavy atom. The second kappa shape index (κ2) is 7.77. The molecular formula is C18H19F3N2O. The van der Waals surface area contributed by atoms with E-state index in [9.17, 15) is 13.2 Å². The normalized spacial score (nSPS) is 18.7. The second-order valence-electron chi connectivity index (χ2n) is 6.01. The van der Waals surface area contributed by atoms with Crippen molar-refractivity contribution in [3.8, 4) is 0 Å². The number of hydrogen-bond acceptors (Lipinski definition) is 3. The van der Waals surface area contributed by atoms with Crippen LogP contribution in [0.15, 0.2) is 36.7 Å². The first-order valence-electron chi connectivity index (χ1n) is 7.98. The molecule has 1 atom stereocenters. The highest BCUT2D eigenvalue weighted by Gasteiger charge is 2.22. The number of benzene rings is 1. The highest BCUT2D eigenvalue weighted by atomic mass is 19.2. The number of piperidine rings is 1. The summed E-state index contributed by atoms with van der Waals surface area (Å²) in [5, 5.41) is 0. The minimum Gasteiger partial charge on any atom is -0.372 e. The summed E-state index contributed by atoms with van der Waals surface area (Å²) in [5.74, 6) is -3.67. The molecule has 1 aliphatic heterocycles. The van der Waals surface area contributed by atoms with Gasteiger partial charge in [0.1, 0.15) is 0 Å². The Balaban J connectivity index is 1.57. The number of aromatic nitrogens is 1. The molecule has 0 radical (unpaired) electrons. The van der Waals surface area contributed by atoms with E-state index in [1.165, 1.54) is 6.07 Å². The van der Waals surface area contributed by atoms with Crippen LogP contribution in [0.2, 0.25) is 0 Å². The number of halogens is 3. The summed E-state index contributed by atoms with van der Waals surface area (Å²) in [5.41, 5.74) is 1.17. The van der Waals surface area contributed by atoms with Gasteiger partial charge >= 0.3 is 0 Å². The largest absolute Gasteiger partial charge is 0.372 e. The molecule has 128 valence electrons.